The van der Waals surface area contributed by atoms with Crippen LogP contribution in [0.2, 0.25) is 0 Å². The maximum absolute atomic E-state index is 9.43. The zero-order valence-electron chi connectivity index (χ0n) is 11.0. The predicted octanol–water partition coefficient (Wildman–Crippen LogP) is 4.15. The molecule has 0 unspecified atom stereocenters. The standard InChI is InChI=1S/C16H12BrN3O/c17-13-9-11(5-7-15(13)21)10-18-20-16-8-6-12-3-1-2-4-14(12)19-16/h1-10,21H,(H,19,20)/b18-10+. The summed E-state index contributed by atoms with van der Waals surface area (Å²) in [6, 6.07) is 17.0. The Morgan fingerprint density at radius 2 is 1.95 bits per heavy atom. The highest BCUT2D eigenvalue weighted by Gasteiger charge is 1.98. The van der Waals surface area contributed by atoms with Crippen molar-refractivity contribution < 1.29 is 5.11 Å². The van der Waals surface area contributed by atoms with Crippen molar-refractivity contribution in [3.63, 3.8) is 0 Å². The molecule has 0 aliphatic heterocycles. The van der Waals surface area contributed by atoms with Crippen molar-refractivity contribution in [2.45, 2.75) is 0 Å². The van der Waals surface area contributed by atoms with Crippen LogP contribution >= 0.6 is 15.9 Å². The van der Waals surface area contributed by atoms with Crippen LogP contribution in [-0.2, 0) is 0 Å². The number of anilines is 1. The summed E-state index contributed by atoms with van der Waals surface area (Å²) < 4.78 is 0.635. The molecule has 5 heteroatoms. The van der Waals surface area contributed by atoms with Crippen molar-refractivity contribution in [1.29, 1.82) is 0 Å². The summed E-state index contributed by atoms with van der Waals surface area (Å²) in [5.74, 6) is 0.888. The number of benzene rings is 2. The van der Waals surface area contributed by atoms with Crippen LogP contribution in [0.3, 0.4) is 0 Å². The van der Waals surface area contributed by atoms with Crippen molar-refractivity contribution in [3.05, 3.63) is 64.6 Å². The molecule has 0 atom stereocenters. The average molecular weight is 342 g/mol. The van der Waals surface area contributed by atoms with Gasteiger partial charge in [0.15, 0.2) is 0 Å². The number of phenolic OH excluding ortho intramolecular Hbond substituents is 1. The highest BCUT2D eigenvalue weighted by Crippen LogP contribution is 2.23. The number of hydrogen-bond acceptors (Lipinski definition) is 4. The van der Waals surface area contributed by atoms with E-state index in [2.05, 4.69) is 31.4 Å². The first-order valence-corrected chi connectivity index (χ1v) is 7.15. The molecule has 1 heterocycles. The van der Waals surface area contributed by atoms with E-state index in [1.54, 1.807) is 24.4 Å². The maximum Gasteiger partial charge on any atom is 0.146 e. The monoisotopic (exact) mass is 341 g/mol. The number of para-hydroxylation sites is 1. The molecule has 3 rings (SSSR count). The second-order valence-corrected chi connectivity index (χ2v) is 5.32. The lowest BCUT2D eigenvalue weighted by atomic mass is 10.2. The van der Waals surface area contributed by atoms with Crippen LogP contribution < -0.4 is 5.43 Å². The summed E-state index contributed by atoms with van der Waals surface area (Å²) in [5.41, 5.74) is 4.69. The number of aromatic hydroxyl groups is 1. The molecule has 0 saturated heterocycles. The third-order valence-corrected chi connectivity index (χ3v) is 3.60. The number of phenols is 1. The van der Waals surface area contributed by atoms with E-state index in [0.717, 1.165) is 16.5 Å². The minimum atomic E-state index is 0.205. The zero-order chi connectivity index (χ0) is 14.7. The Labute approximate surface area is 130 Å². The molecule has 4 nitrogen and oxygen atoms in total. The van der Waals surface area contributed by atoms with E-state index in [1.165, 1.54) is 0 Å². The van der Waals surface area contributed by atoms with E-state index in [1.807, 2.05) is 36.4 Å². The topological polar surface area (TPSA) is 57.5 Å². The molecule has 0 aliphatic rings. The molecule has 0 fully saturated rings. The van der Waals surface area contributed by atoms with Gasteiger partial charge in [0.05, 0.1) is 16.2 Å². The third kappa shape index (κ3) is 3.20. The summed E-state index contributed by atoms with van der Waals surface area (Å²) in [6.07, 6.45) is 1.67. The van der Waals surface area contributed by atoms with Crippen LogP contribution in [0.25, 0.3) is 10.9 Å². The van der Waals surface area contributed by atoms with Gasteiger partial charge in [0, 0.05) is 5.39 Å². The fourth-order valence-corrected chi connectivity index (χ4v) is 2.30. The smallest absolute Gasteiger partial charge is 0.146 e. The van der Waals surface area contributed by atoms with Crippen molar-refractivity contribution in [1.82, 2.24) is 4.98 Å². The van der Waals surface area contributed by atoms with Gasteiger partial charge >= 0.3 is 0 Å². The fourth-order valence-electron chi connectivity index (χ4n) is 1.90. The number of pyridine rings is 1. The van der Waals surface area contributed by atoms with Gasteiger partial charge in [-0.25, -0.2) is 4.98 Å². The molecule has 0 amide bonds. The summed E-state index contributed by atoms with van der Waals surface area (Å²) in [4.78, 5) is 4.46. The molecule has 0 bridgehead atoms. The second-order valence-electron chi connectivity index (χ2n) is 4.47. The van der Waals surface area contributed by atoms with Gasteiger partial charge in [-0.15, -0.1) is 0 Å². The SMILES string of the molecule is Oc1ccc(/C=N/Nc2ccc3ccccc3n2)cc1Br. The fraction of sp³-hybridized carbons (Fsp3) is 0. The second kappa shape index (κ2) is 5.93. The van der Waals surface area contributed by atoms with Gasteiger partial charge in [0.2, 0.25) is 0 Å². The van der Waals surface area contributed by atoms with Gasteiger partial charge in [-0.2, -0.15) is 5.10 Å². The minimum Gasteiger partial charge on any atom is -0.507 e. The van der Waals surface area contributed by atoms with Crippen LogP contribution in [0.1, 0.15) is 5.56 Å². The van der Waals surface area contributed by atoms with E-state index >= 15 is 0 Å². The first-order chi connectivity index (χ1) is 10.2. The van der Waals surface area contributed by atoms with Crippen LogP contribution in [0.5, 0.6) is 5.75 Å². The summed E-state index contributed by atoms with van der Waals surface area (Å²) in [5, 5.41) is 14.7. The van der Waals surface area contributed by atoms with Crippen molar-refractivity contribution in [2.75, 3.05) is 5.43 Å². The number of aromatic nitrogens is 1. The Kier molecular flexibility index (Phi) is 3.83. The van der Waals surface area contributed by atoms with E-state index in [9.17, 15) is 5.11 Å². The molecule has 0 spiro atoms. The molecule has 104 valence electrons. The number of hydrazone groups is 1. The molecule has 2 N–H and O–H groups in total. The number of fused-ring (bicyclic) bond motifs is 1. The van der Waals surface area contributed by atoms with E-state index in [0.29, 0.717) is 10.3 Å². The average Bonchev–Trinajstić information content (AvgIpc) is 2.51. The van der Waals surface area contributed by atoms with Gasteiger partial charge in [-0.05, 0) is 57.9 Å². The Morgan fingerprint density at radius 3 is 2.81 bits per heavy atom. The van der Waals surface area contributed by atoms with E-state index in [4.69, 9.17) is 0 Å². The molecule has 0 radical (unpaired) electrons. The summed E-state index contributed by atoms with van der Waals surface area (Å²) >= 11 is 3.27. The molecule has 21 heavy (non-hydrogen) atoms. The number of hydrogen-bond donors (Lipinski definition) is 2. The van der Waals surface area contributed by atoms with Gasteiger partial charge in [-0.1, -0.05) is 18.2 Å². The van der Waals surface area contributed by atoms with E-state index in [-0.39, 0.29) is 5.75 Å². The van der Waals surface area contributed by atoms with Crippen molar-refractivity contribution >= 4 is 38.9 Å². The molecule has 0 aliphatic carbocycles. The normalized spacial score (nSPS) is 11.1. The predicted molar refractivity (Wildman–Crippen MR) is 88.8 cm³/mol. The molecule has 1 aromatic heterocycles. The first-order valence-electron chi connectivity index (χ1n) is 6.36. The number of nitrogens with one attached hydrogen (secondary N) is 1. The highest BCUT2D eigenvalue weighted by atomic mass is 79.9. The van der Waals surface area contributed by atoms with Gasteiger partial charge < -0.3 is 5.11 Å². The zero-order valence-corrected chi connectivity index (χ0v) is 12.6. The Balaban J connectivity index is 1.76. The number of halogens is 1. The number of rotatable bonds is 3. The quantitative estimate of drug-likeness (QED) is 0.555. The van der Waals surface area contributed by atoms with Crippen LogP contribution in [0.15, 0.2) is 64.2 Å². The minimum absolute atomic E-state index is 0.205. The number of nitrogens with zero attached hydrogens (tertiary/aromatic N) is 2. The molecular weight excluding hydrogens is 330 g/mol. The summed E-state index contributed by atoms with van der Waals surface area (Å²) in [7, 11) is 0. The third-order valence-electron chi connectivity index (χ3n) is 2.96. The van der Waals surface area contributed by atoms with Crippen LogP contribution in [0.4, 0.5) is 5.82 Å². The lowest BCUT2D eigenvalue weighted by Gasteiger charge is -2.02. The highest BCUT2D eigenvalue weighted by molar-refractivity contribution is 9.10. The van der Waals surface area contributed by atoms with Gasteiger partial charge in [-0.3, -0.25) is 5.43 Å². The lowest BCUT2D eigenvalue weighted by Crippen LogP contribution is -1.93. The van der Waals surface area contributed by atoms with Gasteiger partial charge in [0.1, 0.15) is 11.6 Å². The lowest BCUT2D eigenvalue weighted by molar-refractivity contribution is 0.472. The Hall–Kier alpha value is -2.40. The Bertz CT molecular complexity index is 817. The maximum atomic E-state index is 9.43. The Morgan fingerprint density at radius 1 is 1.10 bits per heavy atom. The molecule has 0 saturated carbocycles. The van der Waals surface area contributed by atoms with E-state index < -0.39 is 0 Å². The van der Waals surface area contributed by atoms with Crippen LogP contribution in [-0.4, -0.2) is 16.3 Å². The van der Waals surface area contributed by atoms with Crippen molar-refractivity contribution in [3.8, 4) is 5.75 Å². The molecular formula is C16H12BrN3O. The summed E-state index contributed by atoms with van der Waals surface area (Å²) in [6.45, 7) is 0. The first kappa shape index (κ1) is 13.6. The largest absolute Gasteiger partial charge is 0.507 e. The van der Waals surface area contributed by atoms with Gasteiger partial charge in [0.25, 0.3) is 0 Å². The molecule has 3 aromatic rings. The molecule has 2 aromatic carbocycles. The van der Waals surface area contributed by atoms with Crippen molar-refractivity contribution in [2.24, 2.45) is 5.10 Å². The van der Waals surface area contributed by atoms with Crippen LogP contribution in [0, 0.1) is 0 Å².